The van der Waals surface area contributed by atoms with Crippen LogP contribution in [-0.2, 0) is 9.53 Å². The summed E-state index contributed by atoms with van der Waals surface area (Å²) in [7, 11) is 0. The summed E-state index contributed by atoms with van der Waals surface area (Å²) in [6, 6.07) is -0.199. The number of hydrogen-bond acceptors (Lipinski definition) is 3. The maximum Gasteiger partial charge on any atom is 0.323 e. The third-order valence-electron chi connectivity index (χ3n) is 3.65. The van der Waals surface area contributed by atoms with Crippen molar-refractivity contribution in [3.05, 3.63) is 0 Å². The van der Waals surface area contributed by atoms with E-state index in [4.69, 9.17) is 9.84 Å². The number of aliphatic carboxylic acids is 1. The first-order valence-corrected chi connectivity index (χ1v) is 6.71. The van der Waals surface area contributed by atoms with E-state index in [1.54, 1.807) is 4.90 Å². The Hall–Kier alpha value is -1.30. The van der Waals surface area contributed by atoms with E-state index in [0.29, 0.717) is 13.1 Å². The Bertz CT molecular complexity index is 365. The molecule has 108 valence electrons. The standard InChI is InChI=1S/C13H22N2O4/c1-13(2,3)15(8-11(16)17)12(18)14-6-9-4-5-10(7-14)19-9/h9-10H,4-8H2,1-3H3,(H,16,17). The van der Waals surface area contributed by atoms with Crippen molar-refractivity contribution in [1.29, 1.82) is 0 Å². The summed E-state index contributed by atoms with van der Waals surface area (Å²) in [4.78, 5) is 26.6. The number of ether oxygens (including phenoxy) is 1. The van der Waals surface area contributed by atoms with E-state index in [1.165, 1.54) is 4.90 Å². The van der Waals surface area contributed by atoms with Crippen molar-refractivity contribution in [2.75, 3.05) is 19.6 Å². The highest BCUT2D eigenvalue weighted by Gasteiger charge is 2.39. The zero-order valence-corrected chi connectivity index (χ0v) is 11.8. The molecule has 2 heterocycles. The summed E-state index contributed by atoms with van der Waals surface area (Å²) in [6.45, 7) is 6.42. The number of amides is 2. The molecule has 2 amide bonds. The molecule has 2 fully saturated rings. The number of morpholine rings is 1. The van der Waals surface area contributed by atoms with Crippen molar-refractivity contribution in [2.45, 2.75) is 51.4 Å². The second kappa shape index (κ2) is 5.00. The number of carboxylic acid groups (broad SMARTS) is 1. The molecule has 2 unspecified atom stereocenters. The lowest BCUT2D eigenvalue weighted by Crippen LogP contribution is -2.57. The van der Waals surface area contributed by atoms with E-state index in [-0.39, 0.29) is 24.8 Å². The van der Waals surface area contributed by atoms with Crippen LogP contribution in [0.3, 0.4) is 0 Å². The fraction of sp³-hybridized carbons (Fsp3) is 0.846. The molecule has 2 rings (SSSR count). The highest BCUT2D eigenvalue weighted by atomic mass is 16.5. The van der Waals surface area contributed by atoms with Gasteiger partial charge in [-0.1, -0.05) is 0 Å². The molecule has 0 aromatic heterocycles. The van der Waals surface area contributed by atoms with Crippen LogP contribution in [0.15, 0.2) is 0 Å². The van der Waals surface area contributed by atoms with Crippen LogP contribution < -0.4 is 0 Å². The summed E-state index contributed by atoms with van der Waals surface area (Å²) in [6.07, 6.45) is 2.22. The predicted molar refractivity (Wildman–Crippen MR) is 69.0 cm³/mol. The molecule has 0 aromatic carbocycles. The molecule has 19 heavy (non-hydrogen) atoms. The lowest BCUT2D eigenvalue weighted by Gasteiger charge is -2.41. The first-order valence-electron chi connectivity index (χ1n) is 6.71. The molecule has 1 N–H and O–H groups in total. The van der Waals surface area contributed by atoms with Gasteiger partial charge in [0.15, 0.2) is 0 Å². The van der Waals surface area contributed by atoms with Crippen molar-refractivity contribution in [3.63, 3.8) is 0 Å². The van der Waals surface area contributed by atoms with Crippen LogP contribution in [0, 0.1) is 0 Å². The van der Waals surface area contributed by atoms with Crippen molar-refractivity contribution in [1.82, 2.24) is 9.80 Å². The Kier molecular flexibility index (Phi) is 3.71. The van der Waals surface area contributed by atoms with Gasteiger partial charge in [-0.05, 0) is 33.6 Å². The van der Waals surface area contributed by atoms with Crippen LogP contribution in [0.1, 0.15) is 33.6 Å². The number of likely N-dealkylation sites (tertiary alicyclic amines) is 1. The summed E-state index contributed by atoms with van der Waals surface area (Å²) >= 11 is 0. The number of rotatable bonds is 2. The van der Waals surface area contributed by atoms with Crippen molar-refractivity contribution < 1.29 is 19.4 Å². The van der Waals surface area contributed by atoms with Crippen LogP contribution in [0.25, 0.3) is 0 Å². The van der Waals surface area contributed by atoms with Gasteiger partial charge in [0.2, 0.25) is 0 Å². The quantitative estimate of drug-likeness (QED) is 0.817. The topological polar surface area (TPSA) is 70.1 Å². The third-order valence-corrected chi connectivity index (χ3v) is 3.65. The molecule has 0 aromatic rings. The Morgan fingerprint density at radius 1 is 1.26 bits per heavy atom. The first kappa shape index (κ1) is 14.1. The van der Waals surface area contributed by atoms with E-state index in [0.717, 1.165) is 12.8 Å². The molecule has 0 spiro atoms. The van der Waals surface area contributed by atoms with Crippen LogP contribution in [0.2, 0.25) is 0 Å². The van der Waals surface area contributed by atoms with Gasteiger partial charge in [0.1, 0.15) is 6.54 Å². The average molecular weight is 270 g/mol. The maximum atomic E-state index is 12.5. The van der Waals surface area contributed by atoms with Gasteiger partial charge in [-0.3, -0.25) is 4.79 Å². The second-order valence-electron chi connectivity index (χ2n) is 6.30. The van der Waals surface area contributed by atoms with Gasteiger partial charge >= 0.3 is 12.0 Å². The monoisotopic (exact) mass is 270 g/mol. The molecule has 2 bridgehead atoms. The lowest BCUT2D eigenvalue weighted by molar-refractivity contribution is -0.139. The molecule has 6 nitrogen and oxygen atoms in total. The Morgan fingerprint density at radius 3 is 2.21 bits per heavy atom. The molecule has 0 saturated carbocycles. The Morgan fingerprint density at radius 2 is 1.79 bits per heavy atom. The molecule has 2 atom stereocenters. The predicted octanol–water partition coefficient (Wildman–Crippen LogP) is 1.15. The number of fused-ring (bicyclic) bond motifs is 2. The van der Waals surface area contributed by atoms with Crippen LogP contribution in [-0.4, -0.2) is 64.3 Å². The molecular formula is C13H22N2O4. The average Bonchev–Trinajstić information content (AvgIpc) is 2.62. The number of carbonyl (C=O) groups is 2. The van der Waals surface area contributed by atoms with Crippen LogP contribution >= 0.6 is 0 Å². The van der Waals surface area contributed by atoms with Crippen molar-refractivity contribution in [3.8, 4) is 0 Å². The minimum Gasteiger partial charge on any atom is -0.480 e. The van der Waals surface area contributed by atoms with Crippen LogP contribution in [0.5, 0.6) is 0 Å². The normalized spacial score (nSPS) is 26.4. The minimum absolute atomic E-state index is 0.120. The number of carboxylic acids is 1. The van der Waals surface area contributed by atoms with E-state index in [2.05, 4.69) is 0 Å². The molecule has 0 aliphatic carbocycles. The van der Waals surface area contributed by atoms with Gasteiger partial charge in [-0.2, -0.15) is 0 Å². The minimum atomic E-state index is -0.987. The van der Waals surface area contributed by atoms with Crippen molar-refractivity contribution in [2.24, 2.45) is 0 Å². The fourth-order valence-electron chi connectivity index (χ4n) is 2.67. The Labute approximate surface area is 113 Å². The van der Waals surface area contributed by atoms with E-state index < -0.39 is 11.5 Å². The van der Waals surface area contributed by atoms with Gasteiger partial charge in [0, 0.05) is 18.6 Å². The zero-order valence-electron chi connectivity index (χ0n) is 11.8. The lowest BCUT2D eigenvalue weighted by atomic mass is 10.1. The molecule has 2 aliphatic heterocycles. The molecule has 2 saturated heterocycles. The maximum absolute atomic E-state index is 12.5. The van der Waals surface area contributed by atoms with Crippen LogP contribution in [0.4, 0.5) is 4.79 Å². The molecule has 6 heteroatoms. The van der Waals surface area contributed by atoms with Crippen molar-refractivity contribution >= 4 is 12.0 Å². The highest BCUT2D eigenvalue weighted by Crippen LogP contribution is 2.27. The Balaban J connectivity index is 2.08. The van der Waals surface area contributed by atoms with E-state index in [9.17, 15) is 9.59 Å². The van der Waals surface area contributed by atoms with Gasteiger partial charge in [0.25, 0.3) is 0 Å². The number of carbonyl (C=O) groups excluding carboxylic acids is 1. The summed E-state index contributed by atoms with van der Waals surface area (Å²) in [5, 5.41) is 8.97. The molecule has 2 aliphatic rings. The molecule has 0 radical (unpaired) electrons. The summed E-state index contributed by atoms with van der Waals surface area (Å²) in [5.74, 6) is -0.987. The molecular weight excluding hydrogens is 248 g/mol. The number of urea groups is 1. The third kappa shape index (κ3) is 3.18. The summed E-state index contributed by atoms with van der Waals surface area (Å²) < 4.78 is 5.70. The second-order valence-corrected chi connectivity index (χ2v) is 6.30. The fourth-order valence-corrected chi connectivity index (χ4v) is 2.67. The first-order chi connectivity index (χ1) is 8.77. The SMILES string of the molecule is CC(C)(C)N(CC(=O)O)C(=O)N1CC2CCC(C1)O2. The zero-order chi connectivity index (χ0) is 14.2. The van der Waals surface area contributed by atoms with Gasteiger partial charge < -0.3 is 19.6 Å². The van der Waals surface area contributed by atoms with E-state index >= 15 is 0 Å². The van der Waals surface area contributed by atoms with Gasteiger partial charge in [-0.25, -0.2) is 4.79 Å². The highest BCUT2D eigenvalue weighted by molar-refractivity contribution is 5.81. The van der Waals surface area contributed by atoms with Gasteiger partial charge in [0.05, 0.1) is 12.2 Å². The van der Waals surface area contributed by atoms with E-state index in [1.807, 2.05) is 20.8 Å². The van der Waals surface area contributed by atoms with Gasteiger partial charge in [-0.15, -0.1) is 0 Å². The smallest absolute Gasteiger partial charge is 0.323 e. The summed E-state index contributed by atoms with van der Waals surface area (Å²) in [5.41, 5.74) is -0.507. The number of hydrogen-bond donors (Lipinski definition) is 1. The largest absolute Gasteiger partial charge is 0.480 e. The number of nitrogens with zero attached hydrogens (tertiary/aromatic N) is 2.